The third kappa shape index (κ3) is 1.62. The standard InChI is InChI=1S/C12H16N3/c1-2-4-11-9(3-1)10(7-15-11)12-8-13-5-6-14-12/h1-4,10,12-13,15H,5-8H2. The monoisotopic (exact) mass is 202 g/mol. The maximum Gasteiger partial charge on any atom is 0.0457 e. The number of piperazine rings is 1. The van der Waals surface area contributed by atoms with E-state index >= 15 is 0 Å². The van der Waals surface area contributed by atoms with Crippen LogP contribution in [-0.4, -0.2) is 32.2 Å². The third-order valence-electron chi connectivity index (χ3n) is 3.34. The van der Waals surface area contributed by atoms with Crippen LogP contribution in [0.3, 0.4) is 0 Å². The summed E-state index contributed by atoms with van der Waals surface area (Å²) < 4.78 is 0. The number of para-hydroxylation sites is 1. The van der Waals surface area contributed by atoms with Gasteiger partial charge < -0.3 is 10.6 Å². The van der Waals surface area contributed by atoms with Crippen molar-refractivity contribution in [3.63, 3.8) is 0 Å². The first-order chi connectivity index (χ1) is 7.45. The molecule has 2 N–H and O–H groups in total. The van der Waals surface area contributed by atoms with Gasteiger partial charge in [0.1, 0.15) is 0 Å². The van der Waals surface area contributed by atoms with Crippen molar-refractivity contribution < 1.29 is 0 Å². The van der Waals surface area contributed by atoms with Crippen LogP contribution in [0.25, 0.3) is 0 Å². The van der Waals surface area contributed by atoms with E-state index in [2.05, 4.69) is 34.9 Å². The Hall–Kier alpha value is -1.06. The van der Waals surface area contributed by atoms with Crippen LogP contribution < -0.4 is 16.0 Å². The van der Waals surface area contributed by atoms with Crippen molar-refractivity contribution in [2.45, 2.75) is 12.0 Å². The van der Waals surface area contributed by atoms with Gasteiger partial charge in [-0.05, 0) is 11.6 Å². The number of anilines is 1. The van der Waals surface area contributed by atoms with Crippen LogP contribution in [0.1, 0.15) is 11.5 Å². The predicted molar refractivity (Wildman–Crippen MR) is 61.3 cm³/mol. The second-order valence-corrected chi connectivity index (χ2v) is 4.25. The highest BCUT2D eigenvalue weighted by Crippen LogP contribution is 2.33. The lowest BCUT2D eigenvalue weighted by Crippen LogP contribution is -2.47. The van der Waals surface area contributed by atoms with E-state index in [1.54, 1.807) is 0 Å². The summed E-state index contributed by atoms with van der Waals surface area (Å²) in [5, 5.41) is 11.6. The van der Waals surface area contributed by atoms with Gasteiger partial charge in [0.25, 0.3) is 0 Å². The summed E-state index contributed by atoms with van der Waals surface area (Å²) >= 11 is 0. The first-order valence-electron chi connectivity index (χ1n) is 5.65. The van der Waals surface area contributed by atoms with Gasteiger partial charge in [0, 0.05) is 43.8 Å². The molecule has 2 heterocycles. The van der Waals surface area contributed by atoms with Crippen molar-refractivity contribution >= 4 is 5.69 Å². The van der Waals surface area contributed by atoms with E-state index < -0.39 is 0 Å². The smallest absolute Gasteiger partial charge is 0.0457 e. The van der Waals surface area contributed by atoms with Crippen LogP contribution in [0, 0.1) is 0 Å². The molecule has 0 aliphatic carbocycles. The summed E-state index contributed by atoms with van der Waals surface area (Å²) in [6.45, 7) is 4.07. The number of hydrogen-bond donors (Lipinski definition) is 2. The number of hydrogen-bond acceptors (Lipinski definition) is 2. The Morgan fingerprint density at radius 3 is 3.00 bits per heavy atom. The topological polar surface area (TPSA) is 38.2 Å². The largest absolute Gasteiger partial charge is 0.384 e. The Bertz CT molecular complexity index is 344. The molecule has 2 aliphatic rings. The average molecular weight is 202 g/mol. The quantitative estimate of drug-likeness (QED) is 0.706. The van der Waals surface area contributed by atoms with E-state index in [4.69, 9.17) is 5.32 Å². The van der Waals surface area contributed by atoms with Crippen LogP contribution in [0.4, 0.5) is 5.69 Å². The molecule has 3 heteroatoms. The highest BCUT2D eigenvalue weighted by Gasteiger charge is 2.30. The maximum absolute atomic E-state index is 4.71. The molecule has 1 fully saturated rings. The summed E-state index contributed by atoms with van der Waals surface area (Å²) in [5.74, 6) is 0.564. The summed E-state index contributed by atoms with van der Waals surface area (Å²) in [5.41, 5.74) is 2.73. The summed E-state index contributed by atoms with van der Waals surface area (Å²) in [7, 11) is 0. The van der Waals surface area contributed by atoms with Gasteiger partial charge in [0.05, 0.1) is 0 Å². The molecule has 15 heavy (non-hydrogen) atoms. The molecule has 1 radical (unpaired) electrons. The van der Waals surface area contributed by atoms with Gasteiger partial charge in [-0.1, -0.05) is 18.2 Å². The summed E-state index contributed by atoms with van der Waals surface area (Å²) in [6, 6.07) is 9.05. The van der Waals surface area contributed by atoms with Gasteiger partial charge in [-0.3, -0.25) is 0 Å². The summed E-state index contributed by atoms with van der Waals surface area (Å²) in [4.78, 5) is 0. The molecule has 0 spiro atoms. The molecular formula is C12H16N3. The fourth-order valence-corrected chi connectivity index (χ4v) is 2.55. The molecule has 79 valence electrons. The lowest BCUT2D eigenvalue weighted by Gasteiger charge is -2.27. The molecule has 0 bridgehead atoms. The lowest BCUT2D eigenvalue weighted by atomic mass is 9.92. The number of rotatable bonds is 1. The van der Waals surface area contributed by atoms with Crippen LogP contribution in [0.15, 0.2) is 24.3 Å². The highest BCUT2D eigenvalue weighted by atomic mass is 15.1. The zero-order valence-corrected chi connectivity index (χ0v) is 8.74. The molecule has 3 rings (SSSR count). The molecule has 2 atom stereocenters. The average Bonchev–Trinajstić information content (AvgIpc) is 2.74. The van der Waals surface area contributed by atoms with E-state index in [-0.39, 0.29) is 0 Å². The second kappa shape index (κ2) is 3.83. The molecule has 1 aromatic carbocycles. The minimum Gasteiger partial charge on any atom is -0.384 e. The minimum atomic E-state index is 0.454. The first kappa shape index (κ1) is 9.19. The Morgan fingerprint density at radius 2 is 2.13 bits per heavy atom. The predicted octanol–water partition coefficient (Wildman–Crippen LogP) is 0.772. The van der Waals surface area contributed by atoms with E-state index in [9.17, 15) is 0 Å². The van der Waals surface area contributed by atoms with E-state index in [0.717, 1.165) is 26.2 Å². The van der Waals surface area contributed by atoms with Gasteiger partial charge in [-0.25, -0.2) is 5.32 Å². The Balaban J connectivity index is 1.83. The molecule has 1 aromatic rings. The fourth-order valence-electron chi connectivity index (χ4n) is 2.55. The van der Waals surface area contributed by atoms with Crippen molar-refractivity contribution in [1.29, 1.82) is 0 Å². The Morgan fingerprint density at radius 1 is 1.20 bits per heavy atom. The third-order valence-corrected chi connectivity index (χ3v) is 3.34. The van der Waals surface area contributed by atoms with Gasteiger partial charge in [0.15, 0.2) is 0 Å². The molecule has 0 aromatic heterocycles. The zero-order chi connectivity index (χ0) is 10.1. The van der Waals surface area contributed by atoms with Crippen molar-refractivity contribution in [2.24, 2.45) is 0 Å². The van der Waals surface area contributed by atoms with Crippen LogP contribution >= 0.6 is 0 Å². The molecule has 1 saturated heterocycles. The second-order valence-electron chi connectivity index (χ2n) is 4.25. The van der Waals surface area contributed by atoms with E-state index in [1.165, 1.54) is 11.3 Å². The Labute approximate surface area is 90.3 Å². The van der Waals surface area contributed by atoms with Gasteiger partial charge in [0.2, 0.25) is 0 Å². The normalized spacial score (nSPS) is 29.6. The lowest BCUT2D eigenvalue weighted by molar-refractivity contribution is 0.370. The summed E-state index contributed by atoms with van der Waals surface area (Å²) in [6.07, 6.45) is 0. The SMILES string of the molecule is c1ccc2c(c1)NCC2C1CNCC[N]1. The number of fused-ring (bicyclic) bond motifs is 1. The van der Waals surface area contributed by atoms with Gasteiger partial charge in [-0.15, -0.1) is 0 Å². The maximum atomic E-state index is 4.71. The van der Waals surface area contributed by atoms with Crippen molar-refractivity contribution in [1.82, 2.24) is 10.6 Å². The minimum absolute atomic E-state index is 0.454. The molecule has 3 nitrogen and oxygen atoms in total. The fraction of sp³-hybridized carbons (Fsp3) is 0.500. The number of benzene rings is 1. The molecule has 0 saturated carbocycles. The van der Waals surface area contributed by atoms with Crippen molar-refractivity contribution in [3.8, 4) is 0 Å². The molecule has 2 unspecified atom stereocenters. The van der Waals surface area contributed by atoms with Crippen molar-refractivity contribution in [3.05, 3.63) is 29.8 Å². The van der Waals surface area contributed by atoms with Gasteiger partial charge in [-0.2, -0.15) is 0 Å². The highest BCUT2D eigenvalue weighted by molar-refractivity contribution is 5.58. The zero-order valence-electron chi connectivity index (χ0n) is 8.74. The molecular weight excluding hydrogens is 186 g/mol. The number of nitrogens with one attached hydrogen (secondary N) is 2. The van der Waals surface area contributed by atoms with Gasteiger partial charge >= 0.3 is 0 Å². The number of nitrogens with zero attached hydrogens (tertiary/aromatic N) is 1. The molecule has 2 aliphatic heterocycles. The molecule has 0 amide bonds. The van der Waals surface area contributed by atoms with E-state index in [0.29, 0.717) is 12.0 Å². The first-order valence-corrected chi connectivity index (χ1v) is 5.65. The van der Waals surface area contributed by atoms with E-state index in [1.807, 2.05) is 0 Å². The van der Waals surface area contributed by atoms with Crippen LogP contribution in [-0.2, 0) is 0 Å². The van der Waals surface area contributed by atoms with Crippen molar-refractivity contribution in [2.75, 3.05) is 31.5 Å². The van der Waals surface area contributed by atoms with Crippen LogP contribution in [0.2, 0.25) is 0 Å². The Kier molecular flexibility index (Phi) is 2.35. The van der Waals surface area contributed by atoms with Crippen LogP contribution in [0.5, 0.6) is 0 Å².